The second kappa shape index (κ2) is 3.03. The van der Waals surface area contributed by atoms with Crippen LogP contribution in [0.1, 0.15) is 32.1 Å². The molecule has 0 aliphatic heterocycles. The molecule has 0 N–H and O–H groups in total. The molecule has 0 heterocycles. The van der Waals surface area contributed by atoms with Crippen molar-refractivity contribution in [3.05, 3.63) is 22.8 Å². The molecule has 11 heavy (non-hydrogen) atoms. The first-order valence-corrected chi connectivity index (χ1v) is 3.97. The van der Waals surface area contributed by atoms with Crippen LogP contribution in [0.5, 0.6) is 0 Å². The molecule has 0 atom stereocenters. The summed E-state index contributed by atoms with van der Waals surface area (Å²) in [5.41, 5.74) is -0.651. The van der Waals surface area contributed by atoms with E-state index in [9.17, 15) is 10.1 Å². The van der Waals surface area contributed by atoms with Gasteiger partial charge in [-0.15, -0.1) is 6.58 Å². The Bertz CT molecular complexity index is 171. The maximum Gasteiger partial charge on any atom is 0.225 e. The van der Waals surface area contributed by atoms with Crippen LogP contribution in [0.2, 0.25) is 0 Å². The zero-order valence-corrected chi connectivity index (χ0v) is 6.58. The van der Waals surface area contributed by atoms with Crippen LogP contribution in [-0.4, -0.2) is 10.5 Å². The van der Waals surface area contributed by atoms with E-state index in [-0.39, 0.29) is 4.92 Å². The standard InChI is InChI=1S/C8H13NO2/c1-2-5-8(9(10)11)6-3-4-7-8/h2H,1,3-7H2. The average molecular weight is 155 g/mol. The Kier molecular flexibility index (Phi) is 2.27. The number of nitrogens with zero attached hydrogens (tertiary/aromatic N) is 1. The molecule has 0 aromatic carbocycles. The van der Waals surface area contributed by atoms with Gasteiger partial charge in [0.15, 0.2) is 0 Å². The highest BCUT2D eigenvalue weighted by atomic mass is 16.6. The predicted octanol–water partition coefficient (Wildman–Crippen LogP) is 2.15. The third-order valence-electron chi connectivity index (χ3n) is 2.45. The van der Waals surface area contributed by atoms with Crippen LogP contribution in [0.15, 0.2) is 12.7 Å². The zero-order chi connectivity index (χ0) is 8.32. The van der Waals surface area contributed by atoms with Gasteiger partial charge in [0.2, 0.25) is 5.54 Å². The molecule has 3 nitrogen and oxygen atoms in total. The molecule has 1 rings (SSSR count). The Morgan fingerprint density at radius 1 is 1.55 bits per heavy atom. The van der Waals surface area contributed by atoms with Crippen molar-refractivity contribution in [2.45, 2.75) is 37.6 Å². The van der Waals surface area contributed by atoms with Crippen molar-refractivity contribution >= 4 is 0 Å². The molecule has 0 saturated heterocycles. The van der Waals surface area contributed by atoms with Gasteiger partial charge in [0, 0.05) is 24.2 Å². The van der Waals surface area contributed by atoms with Crippen molar-refractivity contribution in [3.8, 4) is 0 Å². The van der Waals surface area contributed by atoms with Crippen molar-refractivity contribution in [3.63, 3.8) is 0 Å². The van der Waals surface area contributed by atoms with Crippen LogP contribution < -0.4 is 0 Å². The molecule has 3 heteroatoms. The summed E-state index contributed by atoms with van der Waals surface area (Å²) in [6, 6.07) is 0. The summed E-state index contributed by atoms with van der Waals surface area (Å²) in [7, 11) is 0. The smallest absolute Gasteiger partial charge is 0.225 e. The van der Waals surface area contributed by atoms with Gasteiger partial charge in [-0.2, -0.15) is 0 Å². The van der Waals surface area contributed by atoms with Crippen LogP contribution >= 0.6 is 0 Å². The molecular formula is C8H13NO2. The molecule has 1 saturated carbocycles. The lowest BCUT2D eigenvalue weighted by atomic mass is 9.94. The first-order chi connectivity index (χ1) is 5.21. The summed E-state index contributed by atoms with van der Waals surface area (Å²) >= 11 is 0. The maximum absolute atomic E-state index is 10.7. The van der Waals surface area contributed by atoms with Gasteiger partial charge in [-0.05, 0) is 12.8 Å². The second-order valence-electron chi connectivity index (χ2n) is 3.18. The number of hydrogen-bond acceptors (Lipinski definition) is 2. The van der Waals surface area contributed by atoms with E-state index in [1.807, 2.05) is 0 Å². The molecule has 62 valence electrons. The van der Waals surface area contributed by atoms with E-state index >= 15 is 0 Å². The van der Waals surface area contributed by atoms with E-state index in [2.05, 4.69) is 6.58 Å². The topological polar surface area (TPSA) is 43.1 Å². The van der Waals surface area contributed by atoms with Gasteiger partial charge < -0.3 is 0 Å². The van der Waals surface area contributed by atoms with Crippen molar-refractivity contribution in [2.75, 3.05) is 0 Å². The summed E-state index contributed by atoms with van der Waals surface area (Å²) in [5, 5.41) is 10.7. The molecular weight excluding hydrogens is 142 g/mol. The summed E-state index contributed by atoms with van der Waals surface area (Å²) in [6.07, 6.45) is 5.63. The molecule has 0 bridgehead atoms. The minimum absolute atomic E-state index is 0.123. The monoisotopic (exact) mass is 155 g/mol. The normalized spacial score (nSPS) is 21.5. The van der Waals surface area contributed by atoms with Crippen molar-refractivity contribution in [1.29, 1.82) is 0 Å². The first kappa shape index (κ1) is 8.24. The van der Waals surface area contributed by atoms with Gasteiger partial charge in [-0.3, -0.25) is 10.1 Å². The molecule has 0 aromatic heterocycles. The molecule has 0 aromatic rings. The molecule has 0 spiro atoms. The van der Waals surface area contributed by atoms with Gasteiger partial charge in [0.25, 0.3) is 0 Å². The number of rotatable bonds is 3. The molecule has 0 amide bonds. The molecule has 1 aliphatic rings. The largest absolute Gasteiger partial charge is 0.264 e. The van der Waals surface area contributed by atoms with Crippen LogP contribution in [0.25, 0.3) is 0 Å². The molecule has 0 radical (unpaired) electrons. The third kappa shape index (κ3) is 1.42. The van der Waals surface area contributed by atoms with Crippen molar-refractivity contribution in [1.82, 2.24) is 0 Å². The highest BCUT2D eigenvalue weighted by Crippen LogP contribution is 2.35. The number of nitro groups is 1. The lowest BCUT2D eigenvalue weighted by Crippen LogP contribution is -2.34. The van der Waals surface area contributed by atoms with E-state index in [0.29, 0.717) is 6.42 Å². The Balaban J connectivity index is 2.69. The Morgan fingerprint density at radius 2 is 2.09 bits per heavy atom. The molecule has 1 aliphatic carbocycles. The summed E-state index contributed by atoms with van der Waals surface area (Å²) in [6.45, 7) is 3.55. The highest BCUT2D eigenvalue weighted by Gasteiger charge is 2.43. The second-order valence-corrected chi connectivity index (χ2v) is 3.18. The fraction of sp³-hybridized carbons (Fsp3) is 0.750. The summed E-state index contributed by atoms with van der Waals surface area (Å²) in [5.74, 6) is 0. The SMILES string of the molecule is C=CCC1([N+](=O)[O-])CCCC1. The minimum Gasteiger partial charge on any atom is -0.264 e. The van der Waals surface area contributed by atoms with Gasteiger partial charge in [-0.25, -0.2) is 0 Å². The lowest BCUT2D eigenvalue weighted by Gasteiger charge is -2.16. The van der Waals surface area contributed by atoms with Crippen molar-refractivity contribution < 1.29 is 4.92 Å². The van der Waals surface area contributed by atoms with Crippen LogP contribution in [0.3, 0.4) is 0 Å². The van der Waals surface area contributed by atoms with Crippen molar-refractivity contribution in [2.24, 2.45) is 0 Å². The lowest BCUT2D eigenvalue weighted by molar-refractivity contribution is -0.567. The van der Waals surface area contributed by atoms with E-state index in [0.717, 1.165) is 25.7 Å². The quantitative estimate of drug-likeness (QED) is 0.356. The minimum atomic E-state index is -0.651. The van der Waals surface area contributed by atoms with E-state index in [1.54, 1.807) is 6.08 Å². The van der Waals surface area contributed by atoms with Gasteiger partial charge in [0.1, 0.15) is 0 Å². The van der Waals surface area contributed by atoms with E-state index < -0.39 is 5.54 Å². The summed E-state index contributed by atoms with van der Waals surface area (Å²) < 4.78 is 0. The Morgan fingerprint density at radius 3 is 2.45 bits per heavy atom. The van der Waals surface area contributed by atoms with Crippen LogP contribution in [0.4, 0.5) is 0 Å². The Labute approximate surface area is 66.3 Å². The highest BCUT2D eigenvalue weighted by molar-refractivity contribution is 4.90. The third-order valence-corrected chi connectivity index (χ3v) is 2.45. The van der Waals surface area contributed by atoms with Gasteiger partial charge >= 0.3 is 0 Å². The van der Waals surface area contributed by atoms with Crippen LogP contribution in [0, 0.1) is 10.1 Å². The van der Waals surface area contributed by atoms with Gasteiger partial charge in [0.05, 0.1) is 0 Å². The maximum atomic E-state index is 10.7. The first-order valence-electron chi connectivity index (χ1n) is 3.97. The fourth-order valence-electron chi connectivity index (χ4n) is 1.76. The average Bonchev–Trinajstić information content (AvgIpc) is 2.38. The van der Waals surface area contributed by atoms with E-state index in [4.69, 9.17) is 0 Å². The fourth-order valence-corrected chi connectivity index (χ4v) is 1.76. The molecule has 0 unspecified atom stereocenters. The number of hydrogen-bond donors (Lipinski definition) is 0. The predicted molar refractivity (Wildman–Crippen MR) is 43.0 cm³/mol. The zero-order valence-electron chi connectivity index (χ0n) is 6.58. The van der Waals surface area contributed by atoms with Gasteiger partial charge in [-0.1, -0.05) is 6.08 Å². The van der Waals surface area contributed by atoms with E-state index in [1.165, 1.54) is 0 Å². The van der Waals surface area contributed by atoms with Crippen LogP contribution in [-0.2, 0) is 0 Å². The molecule has 1 fully saturated rings. The summed E-state index contributed by atoms with van der Waals surface area (Å²) in [4.78, 5) is 10.5. The Hall–Kier alpha value is -0.860.